The van der Waals surface area contributed by atoms with Gasteiger partial charge in [0, 0.05) is 24.9 Å². The molecule has 4 aromatic rings. The first-order valence-electron chi connectivity index (χ1n) is 22.9. The summed E-state index contributed by atoms with van der Waals surface area (Å²) in [6, 6.07) is 25.0. The number of aromatic hydroxyl groups is 1. The minimum Gasteiger partial charge on any atom is -0.508 e. The van der Waals surface area contributed by atoms with Gasteiger partial charge in [0.15, 0.2) is 0 Å². The molecule has 2 N–H and O–H groups in total. The van der Waals surface area contributed by atoms with E-state index in [0.29, 0.717) is 36.9 Å². The highest BCUT2D eigenvalue weighted by Crippen LogP contribution is 2.41. The van der Waals surface area contributed by atoms with E-state index in [1.54, 1.807) is 12.1 Å². The van der Waals surface area contributed by atoms with Gasteiger partial charge >= 0.3 is 11.9 Å². The molecule has 324 valence electrons. The van der Waals surface area contributed by atoms with E-state index >= 15 is 0 Å². The minimum atomic E-state index is -0.0438. The van der Waals surface area contributed by atoms with E-state index in [0.717, 1.165) is 106 Å². The molecule has 4 bridgehead atoms. The number of piperidine rings is 2. The van der Waals surface area contributed by atoms with Crippen molar-refractivity contribution in [3.8, 4) is 11.5 Å². The first kappa shape index (κ1) is 43.0. The van der Waals surface area contributed by atoms with Crippen LogP contribution in [-0.4, -0.2) is 83.6 Å². The Morgan fingerprint density at radius 1 is 0.590 bits per heavy atom. The fourth-order valence-electron chi connectivity index (χ4n) is 10.3. The zero-order valence-electron chi connectivity index (χ0n) is 36.0. The van der Waals surface area contributed by atoms with Gasteiger partial charge in [-0.05, 0) is 172 Å². The van der Waals surface area contributed by atoms with Crippen molar-refractivity contribution in [2.75, 3.05) is 39.4 Å². The Labute approximate surface area is 361 Å². The van der Waals surface area contributed by atoms with E-state index in [2.05, 4.69) is 88.7 Å². The second-order valence-corrected chi connectivity index (χ2v) is 18.1. The van der Waals surface area contributed by atoms with E-state index in [9.17, 15) is 14.7 Å². The van der Waals surface area contributed by atoms with Crippen LogP contribution >= 0.6 is 0 Å². The largest absolute Gasteiger partial charge is 0.508 e. The Bertz CT molecular complexity index is 2190. The maximum Gasteiger partial charge on any atom is 0.309 e. The summed E-state index contributed by atoms with van der Waals surface area (Å²) >= 11 is 0. The van der Waals surface area contributed by atoms with E-state index < -0.39 is 0 Å². The van der Waals surface area contributed by atoms with Crippen molar-refractivity contribution in [1.82, 2.24) is 9.80 Å². The van der Waals surface area contributed by atoms with Crippen LogP contribution in [0.15, 0.2) is 97.1 Å². The highest BCUT2D eigenvalue weighted by atomic mass is 16.5. The first-order valence-corrected chi connectivity index (χ1v) is 22.9. The third-order valence-electron chi connectivity index (χ3n) is 13.7. The Hall–Kier alpha value is -4.70. The van der Waals surface area contributed by atoms with E-state index in [1.165, 1.54) is 34.7 Å². The summed E-state index contributed by atoms with van der Waals surface area (Å²) in [6.07, 6.45) is 17.6. The standard InChI is InChI=1S/C26H31NO3.C19H23NO3.C7H10O/c1-2-29-26(28)20-9-11-27(12-10-20)17-19-4-5-22-16-24(8-7-21(22)14-19)30-25-15-18-3-6-23(25)13-18;1-2-23-19(22)15-7-9-20(10-8-15)13-14-3-4-17-12-18(21)6-5-16(17)11-14;8-7-4-5-1-2-6(7)3-5/h3-8,14,16,18,20,23,25H,2,9-13,15,17H2,1H3;3-6,11-12,15,21H,2,7-10,13H2,1H3;1-2,5-8H,3-4H2. The van der Waals surface area contributed by atoms with Crippen LogP contribution in [0.3, 0.4) is 0 Å². The van der Waals surface area contributed by atoms with Gasteiger partial charge in [0.25, 0.3) is 0 Å². The number of phenols is 1. The van der Waals surface area contributed by atoms with Gasteiger partial charge in [-0.15, -0.1) is 0 Å². The third-order valence-corrected chi connectivity index (χ3v) is 13.7. The zero-order valence-corrected chi connectivity index (χ0v) is 36.0. The Balaban J connectivity index is 0.000000145. The maximum atomic E-state index is 11.9. The summed E-state index contributed by atoms with van der Waals surface area (Å²) in [5.74, 6) is 3.91. The molecule has 6 atom stereocenters. The van der Waals surface area contributed by atoms with Crippen molar-refractivity contribution in [2.24, 2.45) is 35.5 Å². The average molecular weight is 829 g/mol. The highest BCUT2D eigenvalue weighted by Gasteiger charge is 2.37. The highest BCUT2D eigenvalue weighted by molar-refractivity contribution is 5.85. The van der Waals surface area contributed by atoms with Crippen LogP contribution in [0.2, 0.25) is 0 Å². The molecule has 2 saturated carbocycles. The Kier molecular flexibility index (Phi) is 14.1. The number of fused-ring (bicyclic) bond motifs is 6. The predicted octanol–water partition coefficient (Wildman–Crippen LogP) is 9.22. The predicted molar refractivity (Wildman–Crippen MR) is 240 cm³/mol. The summed E-state index contributed by atoms with van der Waals surface area (Å²) in [6.45, 7) is 10.2. The van der Waals surface area contributed by atoms with Gasteiger partial charge in [-0.25, -0.2) is 0 Å². The van der Waals surface area contributed by atoms with Gasteiger partial charge in [-0.1, -0.05) is 60.7 Å². The number of allylic oxidation sites excluding steroid dienone is 2. The van der Waals surface area contributed by atoms with Crippen LogP contribution < -0.4 is 4.74 Å². The zero-order chi connectivity index (χ0) is 42.3. The number of nitrogens with zero attached hydrogens (tertiary/aromatic N) is 2. The normalized spacial score (nSPS) is 25.9. The molecular weight excluding hydrogens is 765 g/mol. The van der Waals surface area contributed by atoms with Gasteiger partial charge in [-0.3, -0.25) is 19.4 Å². The van der Waals surface area contributed by atoms with E-state index in [-0.39, 0.29) is 29.9 Å². The minimum absolute atomic E-state index is 0.00926. The van der Waals surface area contributed by atoms with Crippen molar-refractivity contribution in [3.05, 3.63) is 108 Å². The van der Waals surface area contributed by atoms with Crippen molar-refractivity contribution in [3.63, 3.8) is 0 Å². The molecule has 4 fully saturated rings. The van der Waals surface area contributed by atoms with Gasteiger partial charge < -0.3 is 24.4 Å². The SMILES string of the molecule is CCOC(=O)C1CCN(Cc2ccc3cc(O)ccc3c2)CC1.CCOC(=O)C1CCN(Cc2ccc3cc(OC4CC5C=CC4C5)ccc3c2)CC1.OC1CC2C=CC1C2. The number of carbonyl (C=O) groups is 2. The molecule has 9 nitrogen and oxygen atoms in total. The summed E-state index contributed by atoms with van der Waals surface area (Å²) in [5.41, 5.74) is 2.58. The van der Waals surface area contributed by atoms with Gasteiger partial charge in [0.2, 0.25) is 0 Å². The van der Waals surface area contributed by atoms with Crippen molar-refractivity contribution < 1.29 is 34.0 Å². The summed E-state index contributed by atoms with van der Waals surface area (Å²) in [4.78, 5) is 28.5. The number of hydrogen-bond acceptors (Lipinski definition) is 9. The van der Waals surface area contributed by atoms with Crippen molar-refractivity contribution in [2.45, 2.75) is 90.5 Å². The molecule has 2 aliphatic heterocycles. The lowest BCUT2D eigenvalue weighted by Gasteiger charge is -2.30. The van der Waals surface area contributed by atoms with Crippen LogP contribution in [0.5, 0.6) is 11.5 Å². The fourth-order valence-corrected chi connectivity index (χ4v) is 10.3. The Morgan fingerprint density at radius 3 is 1.54 bits per heavy atom. The fraction of sp³-hybridized carbons (Fsp3) is 0.500. The monoisotopic (exact) mass is 828 g/mol. The molecule has 0 amide bonds. The second kappa shape index (κ2) is 20.0. The van der Waals surface area contributed by atoms with E-state index in [4.69, 9.17) is 19.3 Å². The summed E-state index contributed by atoms with van der Waals surface area (Å²) in [5, 5.41) is 23.4. The summed E-state index contributed by atoms with van der Waals surface area (Å²) < 4.78 is 16.6. The smallest absolute Gasteiger partial charge is 0.309 e. The Morgan fingerprint density at radius 2 is 1.08 bits per heavy atom. The second-order valence-electron chi connectivity index (χ2n) is 18.1. The average Bonchev–Trinajstić information content (AvgIpc) is 4.09. The molecule has 0 aromatic heterocycles. The number of ether oxygens (including phenoxy) is 3. The van der Waals surface area contributed by atoms with Gasteiger partial charge in [0.05, 0.1) is 31.2 Å². The quantitative estimate of drug-likeness (QED) is 0.120. The molecule has 4 aliphatic carbocycles. The molecule has 2 saturated heterocycles. The lowest BCUT2D eigenvalue weighted by atomic mass is 9.96. The molecule has 2 heterocycles. The lowest BCUT2D eigenvalue weighted by molar-refractivity contribution is -0.150. The molecule has 9 heteroatoms. The van der Waals surface area contributed by atoms with Crippen LogP contribution in [0, 0.1) is 35.5 Å². The number of rotatable bonds is 10. The van der Waals surface area contributed by atoms with E-state index in [1.807, 2.05) is 19.9 Å². The number of benzene rings is 4. The topological polar surface area (TPSA) is 109 Å². The number of likely N-dealkylation sites (tertiary alicyclic amines) is 2. The molecule has 6 aliphatic rings. The lowest BCUT2D eigenvalue weighted by Crippen LogP contribution is -2.36. The molecular formula is C52H64N2O7. The number of aliphatic hydroxyl groups excluding tert-OH is 1. The molecule has 0 radical (unpaired) electrons. The van der Waals surface area contributed by atoms with Crippen molar-refractivity contribution in [1.29, 1.82) is 0 Å². The number of carbonyl (C=O) groups excluding carboxylic acids is 2. The van der Waals surface area contributed by atoms with Gasteiger partial charge in [0.1, 0.15) is 17.6 Å². The molecule has 10 rings (SSSR count). The maximum absolute atomic E-state index is 11.9. The van der Waals surface area contributed by atoms with Crippen molar-refractivity contribution >= 4 is 33.5 Å². The first-order chi connectivity index (χ1) is 29.7. The van der Waals surface area contributed by atoms with Crippen LogP contribution in [0.25, 0.3) is 21.5 Å². The molecule has 0 spiro atoms. The molecule has 61 heavy (non-hydrogen) atoms. The molecule has 6 unspecified atom stereocenters. The summed E-state index contributed by atoms with van der Waals surface area (Å²) in [7, 11) is 0. The number of hydrogen-bond donors (Lipinski definition) is 2. The molecule has 4 aromatic carbocycles. The number of esters is 2. The van der Waals surface area contributed by atoms with Crippen LogP contribution in [0.1, 0.15) is 76.3 Å². The third kappa shape index (κ3) is 11.0. The number of aliphatic hydroxyl groups is 1. The van der Waals surface area contributed by atoms with Gasteiger partial charge in [-0.2, -0.15) is 0 Å². The number of phenolic OH excluding ortho intramolecular Hbond substituents is 1. The van der Waals surface area contributed by atoms with Crippen LogP contribution in [-0.2, 0) is 32.2 Å². The van der Waals surface area contributed by atoms with Crippen LogP contribution in [0.4, 0.5) is 0 Å².